The zero-order valence-electron chi connectivity index (χ0n) is 10.1. The molecular weight excluding hydrogens is 228 g/mol. The van der Waals surface area contributed by atoms with Crippen LogP contribution in [0.4, 0.5) is 0 Å². The normalized spacial score (nSPS) is 12.4. The Morgan fingerprint density at radius 1 is 1.06 bits per heavy atom. The van der Waals surface area contributed by atoms with Crippen LogP contribution in [0.1, 0.15) is 20.3 Å². The molecule has 1 heterocycles. The number of thioether (sulfide) groups is 1. The molecule has 0 amide bonds. The summed E-state index contributed by atoms with van der Waals surface area (Å²) < 4.78 is 0. The largest absolute Gasteiger partial charge is 0.244 e. The van der Waals surface area contributed by atoms with Gasteiger partial charge in [-0.2, -0.15) is 0 Å². The van der Waals surface area contributed by atoms with Gasteiger partial charge in [0, 0.05) is 28.1 Å². The highest BCUT2D eigenvalue weighted by molar-refractivity contribution is 7.99. The van der Waals surface area contributed by atoms with E-state index in [2.05, 4.69) is 48.1 Å². The Bertz CT molecular complexity index is 453. The molecule has 17 heavy (non-hydrogen) atoms. The Labute approximate surface area is 107 Å². The maximum Gasteiger partial charge on any atom is 0.115 e. The van der Waals surface area contributed by atoms with E-state index in [0.717, 1.165) is 5.56 Å². The third kappa shape index (κ3) is 3.30. The minimum atomic E-state index is 0.668. The fourth-order valence-electron chi connectivity index (χ4n) is 1.49. The summed E-state index contributed by atoms with van der Waals surface area (Å²) >= 11 is 1.92. The molecule has 1 aromatic carbocycles. The van der Waals surface area contributed by atoms with Gasteiger partial charge in [0.25, 0.3) is 0 Å². The topological polar surface area (TPSA) is 25.8 Å². The first-order valence-corrected chi connectivity index (χ1v) is 6.69. The second-order valence-electron chi connectivity index (χ2n) is 3.99. The minimum Gasteiger partial charge on any atom is -0.244 e. The first kappa shape index (κ1) is 12.1. The molecule has 2 aromatic rings. The van der Waals surface area contributed by atoms with E-state index in [9.17, 15) is 0 Å². The molecule has 0 saturated heterocycles. The van der Waals surface area contributed by atoms with Crippen molar-refractivity contribution in [3.63, 3.8) is 0 Å². The molecule has 1 atom stereocenters. The van der Waals surface area contributed by atoms with Gasteiger partial charge in [-0.1, -0.05) is 26.0 Å². The molecule has 0 aliphatic carbocycles. The lowest BCUT2D eigenvalue weighted by atomic mass is 10.1. The van der Waals surface area contributed by atoms with Crippen LogP contribution in [0.3, 0.4) is 0 Å². The number of rotatable bonds is 4. The van der Waals surface area contributed by atoms with Gasteiger partial charge in [-0.3, -0.25) is 0 Å². The van der Waals surface area contributed by atoms with Gasteiger partial charge in [-0.25, -0.2) is 9.97 Å². The summed E-state index contributed by atoms with van der Waals surface area (Å²) in [6.07, 6.45) is 6.42. The van der Waals surface area contributed by atoms with Crippen molar-refractivity contribution >= 4 is 11.8 Å². The molecule has 1 aromatic heterocycles. The van der Waals surface area contributed by atoms with Crippen molar-refractivity contribution in [3.8, 4) is 11.1 Å². The molecular formula is C14H16N2S. The third-order valence-electron chi connectivity index (χ3n) is 2.66. The zero-order chi connectivity index (χ0) is 12.1. The van der Waals surface area contributed by atoms with Crippen LogP contribution in [0.2, 0.25) is 0 Å². The lowest BCUT2D eigenvalue weighted by molar-refractivity contribution is 0.906. The smallest absolute Gasteiger partial charge is 0.115 e. The summed E-state index contributed by atoms with van der Waals surface area (Å²) in [5.74, 6) is 0. The molecule has 0 bridgehead atoms. The summed E-state index contributed by atoms with van der Waals surface area (Å²) in [6.45, 7) is 4.47. The lowest BCUT2D eigenvalue weighted by Gasteiger charge is -2.08. The molecule has 0 fully saturated rings. The first-order valence-electron chi connectivity index (χ1n) is 5.81. The highest BCUT2D eigenvalue weighted by atomic mass is 32.2. The maximum absolute atomic E-state index is 4.03. The molecule has 0 aliphatic rings. The third-order valence-corrected chi connectivity index (χ3v) is 3.94. The summed E-state index contributed by atoms with van der Waals surface area (Å²) in [7, 11) is 0. The van der Waals surface area contributed by atoms with E-state index >= 15 is 0 Å². The van der Waals surface area contributed by atoms with Crippen molar-refractivity contribution in [3.05, 3.63) is 43.0 Å². The average molecular weight is 244 g/mol. The Balaban J connectivity index is 2.13. The number of hydrogen-bond donors (Lipinski definition) is 0. The van der Waals surface area contributed by atoms with Crippen molar-refractivity contribution < 1.29 is 0 Å². The van der Waals surface area contributed by atoms with E-state index in [1.54, 1.807) is 6.33 Å². The first-order chi connectivity index (χ1) is 8.29. The van der Waals surface area contributed by atoms with E-state index < -0.39 is 0 Å². The number of aromatic nitrogens is 2. The molecule has 0 radical (unpaired) electrons. The second-order valence-corrected chi connectivity index (χ2v) is 5.50. The van der Waals surface area contributed by atoms with Crippen molar-refractivity contribution in [2.24, 2.45) is 0 Å². The van der Waals surface area contributed by atoms with E-state index in [4.69, 9.17) is 0 Å². The van der Waals surface area contributed by atoms with Crippen LogP contribution in [0, 0.1) is 0 Å². The number of hydrogen-bond acceptors (Lipinski definition) is 3. The van der Waals surface area contributed by atoms with Gasteiger partial charge >= 0.3 is 0 Å². The monoisotopic (exact) mass is 244 g/mol. The van der Waals surface area contributed by atoms with Crippen LogP contribution in [0.25, 0.3) is 11.1 Å². The summed E-state index contributed by atoms with van der Waals surface area (Å²) in [5.41, 5.74) is 2.23. The molecule has 2 rings (SSSR count). The van der Waals surface area contributed by atoms with Crippen molar-refractivity contribution in [2.75, 3.05) is 0 Å². The predicted molar refractivity (Wildman–Crippen MR) is 73.1 cm³/mol. The van der Waals surface area contributed by atoms with Gasteiger partial charge < -0.3 is 0 Å². The SMILES string of the molecule is CC[C@H](C)Sc1ccc(-c2cncnc2)cc1. The van der Waals surface area contributed by atoms with Gasteiger partial charge in [-0.05, 0) is 24.1 Å². The van der Waals surface area contributed by atoms with Crippen LogP contribution in [0.15, 0.2) is 47.9 Å². The van der Waals surface area contributed by atoms with Crippen molar-refractivity contribution in [2.45, 2.75) is 30.4 Å². The van der Waals surface area contributed by atoms with Crippen molar-refractivity contribution in [1.82, 2.24) is 9.97 Å². The fourth-order valence-corrected chi connectivity index (χ4v) is 2.41. The van der Waals surface area contributed by atoms with Gasteiger partial charge in [0.05, 0.1) is 0 Å². The molecule has 0 N–H and O–H groups in total. The molecule has 88 valence electrons. The van der Waals surface area contributed by atoms with Gasteiger partial charge in [0.1, 0.15) is 6.33 Å². The minimum absolute atomic E-state index is 0.668. The number of nitrogens with zero attached hydrogens (tertiary/aromatic N) is 2. The van der Waals surface area contributed by atoms with Gasteiger partial charge in [0.15, 0.2) is 0 Å². The Morgan fingerprint density at radius 3 is 2.29 bits per heavy atom. The summed E-state index contributed by atoms with van der Waals surface area (Å²) in [5, 5.41) is 0.668. The molecule has 3 heteroatoms. The Kier molecular flexibility index (Phi) is 4.15. The second kappa shape index (κ2) is 5.82. The standard InChI is InChI=1S/C14H16N2S/c1-3-11(2)17-14-6-4-12(5-7-14)13-8-15-10-16-9-13/h4-11H,3H2,1-2H3/t11-/m0/s1. The lowest BCUT2D eigenvalue weighted by Crippen LogP contribution is -1.91. The van der Waals surface area contributed by atoms with Crippen LogP contribution in [-0.2, 0) is 0 Å². The summed E-state index contributed by atoms with van der Waals surface area (Å²) in [6, 6.07) is 8.59. The van der Waals surface area contributed by atoms with Gasteiger partial charge in [-0.15, -0.1) is 11.8 Å². The van der Waals surface area contributed by atoms with Crippen LogP contribution in [0.5, 0.6) is 0 Å². The predicted octanol–water partition coefficient (Wildman–Crippen LogP) is 4.03. The van der Waals surface area contributed by atoms with E-state index in [1.807, 2.05) is 24.2 Å². The van der Waals surface area contributed by atoms with Crippen LogP contribution < -0.4 is 0 Å². The maximum atomic E-state index is 4.03. The number of benzene rings is 1. The van der Waals surface area contributed by atoms with Crippen LogP contribution >= 0.6 is 11.8 Å². The molecule has 2 nitrogen and oxygen atoms in total. The molecule has 0 spiro atoms. The highest BCUT2D eigenvalue weighted by Gasteiger charge is 2.02. The van der Waals surface area contributed by atoms with Gasteiger partial charge in [0.2, 0.25) is 0 Å². The fraction of sp³-hybridized carbons (Fsp3) is 0.286. The molecule has 0 aliphatic heterocycles. The molecule has 0 unspecified atom stereocenters. The van der Waals surface area contributed by atoms with E-state index in [-0.39, 0.29) is 0 Å². The quantitative estimate of drug-likeness (QED) is 0.759. The van der Waals surface area contributed by atoms with Crippen molar-refractivity contribution in [1.29, 1.82) is 0 Å². The Morgan fingerprint density at radius 2 is 1.71 bits per heavy atom. The highest BCUT2D eigenvalue weighted by Crippen LogP contribution is 2.27. The van der Waals surface area contributed by atoms with Crippen LogP contribution in [-0.4, -0.2) is 15.2 Å². The average Bonchev–Trinajstić information content (AvgIpc) is 2.40. The molecule has 0 saturated carbocycles. The zero-order valence-corrected chi connectivity index (χ0v) is 10.9. The Hall–Kier alpha value is -1.35. The van der Waals surface area contributed by atoms with E-state index in [0.29, 0.717) is 5.25 Å². The van der Waals surface area contributed by atoms with E-state index in [1.165, 1.54) is 16.9 Å². The summed E-state index contributed by atoms with van der Waals surface area (Å²) in [4.78, 5) is 9.38.